The molecule has 0 spiro atoms. The lowest BCUT2D eigenvalue weighted by Crippen LogP contribution is -2.45. The van der Waals surface area contributed by atoms with Crippen LogP contribution in [0.2, 0.25) is 0 Å². The second kappa shape index (κ2) is 8.61. The molecule has 2 aromatic rings. The van der Waals surface area contributed by atoms with E-state index < -0.39 is 11.9 Å². The van der Waals surface area contributed by atoms with E-state index in [0.29, 0.717) is 12.5 Å². The predicted molar refractivity (Wildman–Crippen MR) is 109 cm³/mol. The highest BCUT2D eigenvalue weighted by Gasteiger charge is 2.34. The number of para-hydroxylation sites is 1. The molecule has 0 saturated carbocycles. The number of hydrogen-bond acceptors (Lipinski definition) is 3. The first-order valence-electron chi connectivity index (χ1n) is 9.65. The number of nitrogens with one attached hydrogen (secondary N) is 2. The lowest BCUT2D eigenvalue weighted by molar-refractivity contribution is 0.0693. The molecule has 0 amide bonds. The molecule has 0 bridgehead atoms. The Labute approximate surface area is 165 Å². The predicted octanol–water partition coefficient (Wildman–Crippen LogP) is 3.72. The molecule has 2 unspecified atom stereocenters. The van der Waals surface area contributed by atoms with E-state index in [4.69, 9.17) is 4.74 Å². The summed E-state index contributed by atoms with van der Waals surface area (Å²) >= 11 is 0. The summed E-state index contributed by atoms with van der Waals surface area (Å²) in [6.07, 6.45) is -0.236. The summed E-state index contributed by atoms with van der Waals surface area (Å²) in [6, 6.07) is 14.2. The molecule has 1 aliphatic rings. The van der Waals surface area contributed by atoms with Crippen LogP contribution in [0.25, 0.3) is 0 Å². The third-order valence-electron chi connectivity index (χ3n) is 4.72. The highest BCUT2D eigenvalue weighted by atomic mass is 19.1. The van der Waals surface area contributed by atoms with Gasteiger partial charge in [-0.3, -0.25) is 4.99 Å². The smallest absolute Gasteiger partial charge is 0.191 e. The second-order valence-electron chi connectivity index (χ2n) is 7.56. The number of aliphatic imine (C=N–C) groups is 1. The third kappa shape index (κ3) is 4.81. The molecule has 150 valence electrons. The zero-order chi connectivity index (χ0) is 20.1. The molecule has 6 heteroatoms. The summed E-state index contributed by atoms with van der Waals surface area (Å²) in [7, 11) is 0. The molecule has 5 nitrogen and oxygen atoms in total. The molecule has 2 atom stereocenters. The number of rotatable bonds is 5. The van der Waals surface area contributed by atoms with Crippen LogP contribution in [0.4, 0.5) is 4.39 Å². The first-order chi connectivity index (χ1) is 13.4. The van der Waals surface area contributed by atoms with Gasteiger partial charge in [0.1, 0.15) is 23.3 Å². The number of ether oxygens (including phenoxy) is 1. The van der Waals surface area contributed by atoms with Crippen LogP contribution in [0.3, 0.4) is 0 Å². The minimum Gasteiger partial charge on any atom is -0.487 e. The quantitative estimate of drug-likeness (QED) is 0.542. The van der Waals surface area contributed by atoms with Crippen molar-refractivity contribution in [3.8, 4) is 5.75 Å². The molecule has 0 radical (unpaired) electrons. The molecule has 0 saturated heterocycles. The number of halogens is 1. The Morgan fingerprint density at radius 3 is 2.71 bits per heavy atom. The molecule has 3 rings (SSSR count). The Morgan fingerprint density at radius 2 is 1.96 bits per heavy atom. The molecule has 1 aliphatic heterocycles. The largest absolute Gasteiger partial charge is 0.487 e. The minimum atomic E-state index is -1.00. The summed E-state index contributed by atoms with van der Waals surface area (Å²) in [5.74, 6) is 1.01. The zero-order valence-corrected chi connectivity index (χ0v) is 16.6. The van der Waals surface area contributed by atoms with Gasteiger partial charge in [0.25, 0.3) is 0 Å². The Bertz CT molecular complexity index is 838. The van der Waals surface area contributed by atoms with Crippen molar-refractivity contribution >= 4 is 5.96 Å². The Balaban J connectivity index is 1.77. The summed E-state index contributed by atoms with van der Waals surface area (Å²) < 4.78 is 20.0. The number of benzene rings is 2. The fraction of sp³-hybridized carbons (Fsp3) is 0.409. The van der Waals surface area contributed by atoms with E-state index in [9.17, 15) is 9.50 Å². The van der Waals surface area contributed by atoms with Gasteiger partial charge < -0.3 is 20.5 Å². The number of guanidine groups is 1. The summed E-state index contributed by atoms with van der Waals surface area (Å²) in [5.41, 5.74) is 1.01. The third-order valence-corrected chi connectivity index (χ3v) is 4.72. The fourth-order valence-electron chi connectivity index (χ4n) is 3.44. The zero-order valence-electron chi connectivity index (χ0n) is 16.6. The van der Waals surface area contributed by atoms with E-state index >= 15 is 0 Å². The van der Waals surface area contributed by atoms with Crippen LogP contribution < -0.4 is 15.4 Å². The van der Waals surface area contributed by atoms with Gasteiger partial charge >= 0.3 is 0 Å². The first-order valence-corrected chi connectivity index (χ1v) is 9.65. The highest BCUT2D eigenvalue weighted by molar-refractivity contribution is 5.80. The normalized spacial score (nSPS) is 19.3. The second-order valence-corrected chi connectivity index (χ2v) is 7.56. The van der Waals surface area contributed by atoms with Crippen molar-refractivity contribution in [1.29, 1.82) is 0 Å². The number of hydrogen-bond donors (Lipinski definition) is 3. The average molecular weight is 385 g/mol. The van der Waals surface area contributed by atoms with Crippen molar-refractivity contribution in [3.05, 3.63) is 65.5 Å². The Kier molecular flexibility index (Phi) is 6.19. The van der Waals surface area contributed by atoms with E-state index in [2.05, 4.69) is 29.5 Å². The van der Waals surface area contributed by atoms with E-state index in [0.717, 1.165) is 17.7 Å². The Hall–Kier alpha value is -2.60. The minimum absolute atomic E-state index is 0.0170. The molecule has 2 aromatic carbocycles. The van der Waals surface area contributed by atoms with Gasteiger partial charge in [0.15, 0.2) is 5.96 Å². The number of aliphatic hydroxyl groups is 1. The van der Waals surface area contributed by atoms with Crippen molar-refractivity contribution in [2.75, 3.05) is 13.1 Å². The Morgan fingerprint density at radius 1 is 1.25 bits per heavy atom. The maximum absolute atomic E-state index is 13.9. The van der Waals surface area contributed by atoms with Crippen molar-refractivity contribution < 1.29 is 14.2 Å². The SMILES string of the molecule is CCNC(=NCC(O)c1ccccc1F)NC1CC(C)(C)Oc2ccccc21. The lowest BCUT2D eigenvalue weighted by Gasteiger charge is -2.38. The van der Waals surface area contributed by atoms with Gasteiger partial charge in [-0.15, -0.1) is 0 Å². The van der Waals surface area contributed by atoms with Crippen LogP contribution in [0.5, 0.6) is 5.75 Å². The maximum Gasteiger partial charge on any atom is 0.191 e. The van der Waals surface area contributed by atoms with Gasteiger partial charge in [0.05, 0.1) is 12.6 Å². The van der Waals surface area contributed by atoms with Gasteiger partial charge in [-0.05, 0) is 32.9 Å². The van der Waals surface area contributed by atoms with Crippen molar-refractivity contribution in [2.45, 2.75) is 44.9 Å². The van der Waals surface area contributed by atoms with E-state index in [-0.39, 0.29) is 23.8 Å². The fourth-order valence-corrected chi connectivity index (χ4v) is 3.44. The molecule has 28 heavy (non-hydrogen) atoms. The van der Waals surface area contributed by atoms with Crippen molar-refractivity contribution in [1.82, 2.24) is 10.6 Å². The summed E-state index contributed by atoms with van der Waals surface area (Å²) in [4.78, 5) is 4.48. The van der Waals surface area contributed by atoms with Crippen LogP contribution in [0, 0.1) is 5.82 Å². The number of nitrogens with zero attached hydrogens (tertiary/aromatic N) is 1. The van der Waals surface area contributed by atoms with Crippen molar-refractivity contribution in [3.63, 3.8) is 0 Å². The molecule has 3 N–H and O–H groups in total. The monoisotopic (exact) mass is 385 g/mol. The van der Waals surface area contributed by atoms with Crippen LogP contribution >= 0.6 is 0 Å². The van der Waals surface area contributed by atoms with Gasteiger partial charge in [-0.1, -0.05) is 36.4 Å². The standard InChI is InChI=1S/C22H28FN3O2/c1-4-24-21(25-14-19(27)15-9-5-7-11-17(15)23)26-18-13-22(2,3)28-20-12-8-6-10-16(18)20/h5-12,18-19,27H,4,13-14H2,1-3H3,(H2,24,25,26). The molecular formula is C22H28FN3O2. The molecule has 1 heterocycles. The van der Waals surface area contributed by atoms with E-state index in [1.54, 1.807) is 18.2 Å². The van der Waals surface area contributed by atoms with E-state index in [1.807, 2.05) is 31.2 Å². The molecule has 0 fully saturated rings. The van der Waals surface area contributed by atoms with Gasteiger partial charge in [0.2, 0.25) is 0 Å². The lowest BCUT2D eigenvalue weighted by atomic mass is 9.90. The van der Waals surface area contributed by atoms with Crippen LogP contribution in [0.1, 0.15) is 50.5 Å². The van der Waals surface area contributed by atoms with Crippen LogP contribution in [-0.2, 0) is 0 Å². The van der Waals surface area contributed by atoms with Crippen LogP contribution in [-0.4, -0.2) is 29.8 Å². The molecular weight excluding hydrogens is 357 g/mol. The molecule has 0 aliphatic carbocycles. The molecule has 0 aromatic heterocycles. The highest BCUT2D eigenvalue weighted by Crippen LogP contribution is 2.39. The number of fused-ring (bicyclic) bond motifs is 1. The number of aliphatic hydroxyl groups excluding tert-OH is 1. The summed E-state index contributed by atoms with van der Waals surface area (Å²) in [5, 5.41) is 17.0. The van der Waals surface area contributed by atoms with Crippen molar-refractivity contribution in [2.24, 2.45) is 4.99 Å². The van der Waals surface area contributed by atoms with E-state index in [1.165, 1.54) is 6.07 Å². The maximum atomic E-state index is 13.9. The first kappa shape index (κ1) is 20.1. The topological polar surface area (TPSA) is 65.9 Å². The summed E-state index contributed by atoms with van der Waals surface area (Å²) in [6.45, 7) is 6.83. The average Bonchev–Trinajstić information content (AvgIpc) is 2.65. The van der Waals surface area contributed by atoms with Gasteiger partial charge in [-0.2, -0.15) is 0 Å². The van der Waals surface area contributed by atoms with Gasteiger partial charge in [0, 0.05) is 24.1 Å². The van der Waals surface area contributed by atoms with Crippen LogP contribution in [0.15, 0.2) is 53.5 Å². The van der Waals surface area contributed by atoms with Gasteiger partial charge in [-0.25, -0.2) is 4.39 Å².